The Labute approximate surface area is 231 Å². The first-order valence-corrected chi connectivity index (χ1v) is 13.4. The number of nitrogen functional groups attached to an aromatic ring is 1. The van der Waals surface area contributed by atoms with Crippen LogP contribution in [-0.4, -0.2) is 38.0 Å². The summed E-state index contributed by atoms with van der Waals surface area (Å²) in [5.41, 5.74) is 10.5. The SMILES string of the molecule is Cc1ccc(NC(=O)c2ccccc2)cc1NC(=O)c1sc(N2CCN(c3ccccc3)CC2)c(C#N)c1N. The summed E-state index contributed by atoms with van der Waals surface area (Å²) in [6, 6.07) is 26.7. The maximum Gasteiger partial charge on any atom is 0.267 e. The van der Waals surface area contributed by atoms with Crippen LogP contribution in [-0.2, 0) is 0 Å². The first-order chi connectivity index (χ1) is 18.9. The average Bonchev–Trinajstić information content (AvgIpc) is 3.32. The summed E-state index contributed by atoms with van der Waals surface area (Å²) in [5.74, 6) is -0.632. The average molecular weight is 537 g/mol. The molecule has 0 radical (unpaired) electrons. The predicted octanol–water partition coefficient (Wildman–Crippen LogP) is 5.34. The van der Waals surface area contributed by atoms with Crippen LogP contribution in [0.2, 0.25) is 0 Å². The molecule has 39 heavy (non-hydrogen) atoms. The largest absolute Gasteiger partial charge is 0.396 e. The van der Waals surface area contributed by atoms with E-state index in [1.807, 2.05) is 37.3 Å². The van der Waals surface area contributed by atoms with E-state index in [-0.39, 0.29) is 11.6 Å². The van der Waals surface area contributed by atoms with E-state index in [4.69, 9.17) is 5.73 Å². The highest BCUT2D eigenvalue weighted by Crippen LogP contribution is 2.39. The lowest BCUT2D eigenvalue weighted by Crippen LogP contribution is -2.46. The van der Waals surface area contributed by atoms with Crippen LogP contribution in [0.1, 0.15) is 31.2 Å². The van der Waals surface area contributed by atoms with Crippen molar-refractivity contribution in [1.29, 1.82) is 5.26 Å². The van der Waals surface area contributed by atoms with Gasteiger partial charge in [-0.15, -0.1) is 11.3 Å². The lowest BCUT2D eigenvalue weighted by atomic mass is 10.1. The fourth-order valence-electron chi connectivity index (χ4n) is 4.54. The molecule has 8 nitrogen and oxygen atoms in total. The van der Waals surface area contributed by atoms with Gasteiger partial charge in [0, 0.05) is 48.8 Å². The van der Waals surface area contributed by atoms with Crippen molar-refractivity contribution in [2.75, 3.05) is 52.3 Å². The molecule has 5 rings (SSSR count). The van der Waals surface area contributed by atoms with Gasteiger partial charge in [-0.3, -0.25) is 9.59 Å². The van der Waals surface area contributed by atoms with Crippen LogP contribution in [0.15, 0.2) is 78.9 Å². The van der Waals surface area contributed by atoms with Crippen molar-refractivity contribution in [2.45, 2.75) is 6.92 Å². The van der Waals surface area contributed by atoms with Crippen molar-refractivity contribution >= 4 is 50.9 Å². The molecule has 1 saturated heterocycles. The molecule has 1 aliphatic heterocycles. The third-order valence-corrected chi connectivity index (χ3v) is 7.98. The molecule has 2 amide bonds. The van der Waals surface area contributed by atoms with Gasteiger partial charge in [-0.25, -0.2) is 0 Å². The van der Waals surface area contributed by atoms with E-state index in [1.165, 1.54) is 17.0 Å². The van der Waals surface area contributed by atoms with Gasteiger partial charge in [0.15, 0.2) is 0 Å². The van der Waals surface area contributed by atoms with Gasteiger partial charge in [0.2, 0.25) is 0 Å². The third kappa shape index (κ3) is 5.56. The number of carbonyl (C=O) groups excluding carboxylic acids is 2. The Morgan fingerprint density at radius 3 is 2.18 bits per heavy atom. The number of carbonyl (C=O) groups is 2. The third-order valence-electron chi connectivity index (χ3n) is 6.71. The van der Waals surface area contributed by atoms with Crippen molar-refractivity contribution in [2.24, 2.45) is 0 Å². The van der Waals surface area contributed by atoms with Crippen LogP contribution >= 0.6 is 11.3 Å². The van der Waals surface area contributed by atoms with Gasteiger partial charge in [0.25, 0.3) is 11.8 Å². The zero-order chi connectivity index (χ0) is 27.4. The van der Waals surface area contributed by atoms with Crippen molar-refractivity contribution in [3.05, 3.63) is 100 Å². The summed E-state index contributed by atoms with van der Waals surface area (Å²) < 4.78 is 0. The van der Waals surface area contributed by atoms with Crippen LogP contribution in [0.5, 0.6) is 0 Å². The Morgan fingerprint density at radius 1 is 0.872 bits per heavy atom. The molecule has 9 heteroatoms. The molecule has 0 atom stereocenters. The molecule has 3 aromatic carbocycles. The Hall–Kier alpha value is -4.81. The lowest BCUT2D eigenvalue weighted by molar-refractivity contribution is 0.102. The standard InChI is InChI=1S/C30H28N6O2S/c1-20-12-13-22(33-28(37)21-8-4-2-5-9-21)18-25(20)34-29(38)27-26(32)24(19-31)30(39-27)36-16-14-35(15-17-36)23-10-6-3-7-11-23/h2-13,18H,14-17,32H2,1H3,(H,33,37)(H,34,38). The number of piperazine rings is 1. The fourth-order valence-corrected chi connectivity index (χ4v) is 5.66. The molecule has 2 heterocycles. The summed E-state index contributed by atoms with van der Waals surface area (Å²) >= 11 is 1.24. The summed E-state index contributed by atoms with van der Waals surface area (Å²) in [5, 5.41) is 16.4. The predicted molar refractivity (Wildman–Crippen MR) is 158 cm³/mol. The molecule has 0 bridgehead atoms. The van der Waals surface area contributed by atoms with Crippen LogP contribution < -0.4 is 26.2 Å². The number of amides is 2. The Balaban J connectivity index is 1.31. The fraction of sp³-hybridized carbons (Fsp3) is 0.167. The smallest absolute Gasteiger partial charge is 0.267 e. The van der Waals surface area contributed by atoms with Gasteiger partial charge in [0.1, 0.15) is 21.5 Å². The molecule has 0 saturated carbocycles. The first-order valence-electron chi connectivity index (χ1n) is 12.6. The molecule has 196 valence electrons. The lowest BCUT2D eigenvalue weighted by Gasteiger charge is -2.36. The molecular weight excluding hydrogens is 508 g/mol. The van der Waals surface area contributed by atoms with Crippen LogP contribution in [0.25, 0.3) is 0 Å². The minimum atomic E-state index is -0.391. The second-order valence-electron chi connectivity index (χ2n) is 9.25. The monoisotopic (exact) mass is 536 g/mol. The number of rotatable bonds is 6. The molecule has 0 aliphatic carbocycles. The van der Waals surface area contributed by atoms with E-state index < -0.39 is 5.91 Å². The molecule has 4 aromatic rings. The molecule has 0 spiro atoms. The van der Waals surface area contributed by atoms with Crippen molar-refractivity contribution in [3.63, 3.8) is 0 Å². The molecule has 0 unspecified atom stereocenters. The minimum absolute atomic E-state index is 0.187. The number of nitrogens with two attached hydrogens (primary N) is 1. The van der Waals surface area contributed by atoms with Gasteiger partial charge in [-0.05, 0) is 48.9 Å². The number of hydrogen-bond acceptors (Lipinski definition) is 7. The van der Waals surface area contributed by atoms with Crippen molar-refractivity contribution in [1.82, 2.24) is 0 Å². The van der Waals surface area contributed by atoms with Gasteiger partial charge in [0.05, 0.1) is 5.69 Å². The highest BCUT2D eigenvalue weighted by molar-refractivity contribution is 7.19. The highest BCUT2D eigenvalue weighted by Gasteiger charge is 2.27. The van der Waals surface area contributed by atoms with E-state index in [0.717, 1.165) is 18.7 Å². The van der Waals surface area contributed by atoms with E-state index in [1.54, 1.807) is 36.4 Å². The molecular formula is C30H28N6O2S. The molecule has 1 aliphatic rings. The number of thiophene rings is 1. The van der Waals surface area contributed by atoms with E-state index in [2.05, 4.69) is 38.6 Å². The van der Waals surface area contributed by atoms with Gasteiger partial charge >= 0.3 is 0 Å². The van der Waals surface area contributed by atoms with Crippen LogP contribution in [0, 0.1) is 18.3 Å². The van der Waals surface area contributed by atoms with E-state index in [9.17, 15) is 14.9 Å². The normalized spacial score (nSPS) is 13.0. The summed E-state index contributed by atoms with van der Waals surface area (Å²) in [6.07, 6.45) is 0. The summed E-state index contributed by atoms with van der Waals surface area (Å²) in [4.78, 5) is 30.6. The molecule has 4 N–H and O–H groups in total. The maximum absolute atomic E-state index is 13.3. The molecule has 1 aromatic heterocycles. The second-order valence-corrected chi connectivity index (χ2v) is 10.2. The van der Waals surface area contributed by atoms with Crippen LogP contribution in [0.4, 0.5) is 27.8 Å². The Kier molecular flexibility index (Phi) is 7.48. The molecule has 1 fully saturated rings. The first kappa shape index (κ1) is 25.8. The number of nitriles is 1. The number of hydrogen-bond donors (Lipinski definition) is 3. The second kappa shape index (κ2) is 11.3. The number of nitrogens with one attached hydrogen (secondary N) is 2. The summed E-state index contributed by atoms with van der Waals surface area (Å²) in [7, 11) is 0. The van der Waals surface area contributed by atoms with Gasteiger partial charge < -0.3 is 26.2 Å². The number of anilines is 5. The Bertz CT molecular complexity index is 1540. The topological polar surface area (TPSA) is 114 Å². The number of nitrogens with zero attached hydrogens (tertiary/aromatic N) is 3. The number of para-hydroxylation sites is 1. The minimum Gasteiger partial charge on any atom is -0.396 e. The maximum atomic E-state index is 13.3. The zero-order valence-corrected chi connectivity index (χ0v) is 22.3. The highest BCUT2D eigenvalue weighted by atomic mass is 32.1. The van der Waals surface area contributed by atoms with E-state index in [0.29, 0.717) is 45.5 Å². The van der Waals surface area contributed by atoms with Crippen LogP contribution in [0.3, 0.4) is 0 Å². The van der Waals surface area contributed by atoms with Crippen molar-refractivity contribution < 1.29 is 9.59 Å². The summed E-state index contributed by atoms with van der Waals surface area (Å²) in [6.45, 7) is 4.90. The van der Waals surface area contributed by atoms with Gasteiger partial charge in [-0.1, -0.05) is 42.5 Å². The van der Waals surface area contributed by atoms with E-state index >= 15 is 0 Å². The number of aryl methyl sites for hydroxylation is 1. The number of benzene rings is 3. The Morgan fingerprint density at radius 2 is 1.51 bits per heavy atom. The van der Waals surface area contributed by atoms with Gasteiger partial charge in [-0.2, -0.15) is 5.26 Å². The van der Waals surface area contributed by atoms with Crippen molar-refractivity contribution in [3.8, 4) is 6.07 Å². The quantitative estimate of drug-likeness (QED) is 0.306. The zero-order valence-electron chi connectivity index (χ0n) is 21.5.